The maximum Gasteiger partial charge on any atom is 0.251 e. The molecule has 5 heteroatoms. The highest BCUT2D eigenvalue weighted by atomic mass is 32.1. The summed E-state index contributed by atoms with van der Waals surface area (Å²) < 4.78 is 8.11. The molecule has 0 aromatic carbocycles. The van der Waals surface area contributed by atoms with Crippen LogP contribution in [0.15, 0.2) is 17.1 Å². The molecule has 94 valence electrons. The van der Waals surface area contributed by atoms with Crippen LogP contribution in [0.5, 0.6) is 0 Å². The van der Waals surface area contributed by atoms with Gasteiger partial charge in [0.05, 0.1) is 12.7 Å². The molecule has 1 aromatic rings. The quantitative estimate of drug-likeness (QED) is 0.838. The molecule has 0 amide bonds. The van der Waals surface area contributed by atoms with Crippen LogP contribution in [-0.4, -0.2) is 22.3 Å². The Bertz CT molecular complexity index is 460. The fourth-order valence-corrected chi connectivity index (χ4v) is 2.42. The summed E-state index contributed by atoms with van der Waals surface area (Å²) in [4.78, 5) is 13.6. The summed E-state index contributed by atoms with van der Waals surface area (Å²) in [5, 5.41) is 0. The van der Waals surface area contributed by atoms with Crippen LogP contribution < -0.4 is 5.56 Å². The van der Waals surface area contributed by atoms with Crippen LogP contribution in [0.2, 0.25) is 0 Å². The molecule has 1 N–H and O–H groups in total. The summed E-state index contributed by atoms with van der Waals surface area (Å²) >= 11 is 5.06. The molecule has 0 atom stereocenters. The fraction of sp³-hybridized carbons (Fsp3) is 0.667. The first-order valence-electron chi connectivity index (χ1n) is 6.17. The van der Waals surface area contributed by atoms with E-state index in [0.29, 0.717) is 24.0 Å². The number of aromatic nitrogens is 2. The minimum absolute atomic E-state index is 0.153. The Morgan fingerprint density at radius 1 is 1.41 bits per heavy atom. The molecule has 4 nitrogen and oxygen atoms in total. The summed E-state index contributed by atoms with van der Waals surface area (Å²) in [6, 6.07) is 1.48. The van der Waals surface area contributed by atoms with Crippen LogP contribution in [0.25, 0.3) is 0 Å². The lowest BCUT2D eigenvalue weighted by Crippen LogP contribution is -2.20. The highest BCUT2D eigenvalue weighted by Crippen LogP contribution is 2.20. The fourth-order valence-electron chi connectivity index (χ4n) is 2.17. The van der Waals surface area contributed by atoms with Crippen molar-refractivity contribution in [3.05, 3.63) is 27.4 Å². The van der Waals surface area contributed by atoms with Gasteiger partial charge in [-0.15, -0.1) is 0 Å². The zero-order valence-electron chi connectivity index (χ0n) is 9.85. The van der Waals surface area contributed by atoms with E-state index in [0.717, 1.165) is 0 Å². The normalized spacial score (nSPS) is 17.2. The lowest BCUT2D eigenvalue weighted by molar-refractivity contribution is 0.0238. The van der Waals surface area contributed by atoms with Crippen molar-refractivity contribution in [1.29, 1.82) is 0 Å². The van der Waals surface area contributed by atoms with Crippen molar-refractivity contribution in [3.8, 4) is 0 Å². The van der Waals surface area contributed by atoms with Gasteiger partial charge in [0.1, 0.15) is 0 Å². The van der Waals surface area contributed by atoms with Gasteiger partial charge in [0.15, 0.2) is 4.77 Å². The zero-order valence-corrected chi connectivity index (χ0v) is 10.7. The van der Waals surface area contributed by atoms with E-state index in [4.69, 9.17) is 17.0 Å². The van der Waals surface area contributed by atoms with Crippen molar-refractivity contribution in [2.24, 2.45) is 0 Å². The van der Waals surface area contributed by atoms with Crippen LogP contribution in [0.1, 0.15) is 32.1 Å². The van der Waals surface area contributed by atoms with Crippen molar-refractivity contribution in [2.75, 3.05) is 6.61 Å². The standard InChI is InChI=1S/C12H18N2O2S/c15-11-6-7-14(12(17)13-11)8-9-16-10-4-2-1-3-5-10/h6-7,10H,1-5,8-9H2,(H,13,15,17). The van der Waals surface area contributed by atoms with Gasteiger partial charge in [0, 0.05) is 18.8 Å². The molecule has 0 bridgehead atoms. The number of H-pyrrole nitrogens is 1. The number of hydrogen-bond donors (Lipinski definition) is 1. The topological polar surface area (TPSA) is 47.0 Å². The second-order valence-corrected chi connectivity index (χ2v) is 4.82. The van der Waals surface area contributed by atoms with Crippen molar-refractivity contribution in [2.45, 2.75) is 44.8 Å². The molecule has 0 radical (unpaired) electrons. The molecular weight excluding hydrogens is 236 g/mol. The van der Waals surface area contributed by atoms with Crippen LogP contribution in [-0.2, 0) is 11.3 Å². The molecule has 0 spiro atoms. The average Bonchev–Trinajstić information content (AvgIpc) is 2.33. The van der Waals surface area contributed by atoms with Gasteiger partial charge in [-0.05, 0) is 25.1 Å². The molecule has 1 aromatic heterocycles. The molecule has 1 aliphatic rings. The Kier molecular flexibility index (Phi) is 4.50. The predicted octanol–water partition coefficient (Wildman–Crippen LogP) is 2.26. The van der Waals surface area contributed by atoms with Crippen molar-refractivity contribution < 1.29 is 4.74 Å². The SMILES string of the molecule is O=c1ccn(CCOC2CCCCC2)c(=S)[nH]1. The lowest BCUT2D eigenvalue weighted by Gasteiger charge is -2.22. The first-order valence-corrected chi connectivity index (χ1v) is 6.58. The summed E-state index contributed by atoms with van der Waals surface area (Å²) in [5.74, 6) is 0. The third-order valence-corrected chi connectivity index (χ3v) is 3.47. The van der Waals surface area contributed by atoms with E-state index in [9.17, 15) is 4.79 Å². The third-order valence-electron chi connectivity index (χ3n) is 3.13. The van der Waals surface area contributed by atoms with Gasteiger partial charge < -0.3 is 9.30 Å². The van der Waals surface area contributed by atoms with Gasteiger partial charge in [0.25, 0.3) is 5.56 Å². The molecule has 0 aliphatic heterocycles. The monoisotopic (exact) mass is 254 g/mol. The molecule has 0 unspecified atom stereocenters. The van der Waals surface area contributed by atoms with Crippen molar-refractivity contribution in [1.82, 2.24) is 9.55 Å². The Morgan fingerprint density at radius 2 is 2.18 bits per heavy atom. The maximum atomic E-state index is 11.0. The Morgan fingerprint density at radius 3 is 2.88 bits per heavy atom. The summed E-state index contributed by atoms with van der Waals surface area (Å²) in [7, 11) is 0. The van der Waals surface area contributed by atoms with E-state index in [1.54, 1.807) is 6.20 Å². The number of ether oxygens (including phenoxy) is 1. The van der Waals surface area contributed by atoms with Gasteiger partial charge in [-0.2, -0.15) is 0 Å². The minimum Gasteiger partial charge on any atom is -0.376 e. The van der Waals surface area contributed by atoms with E-state index in [2.05, 4.69) is 4.98 Å². The Balaban J connectivity index is 1.81. The maximum absolute atomic E-state index is 11.0. The predicted molar refractivity (Wildman–Crippen MR) is 68.7 cm³/mol. The van der Waals surface area contributed by atoms with E-state index >= 15 is 0 Å². The molecule has 1 fully saturated rings. The Labute approximate surface area is 106 Å². The van der Waals surface area contributed by atoms with Gasteiger partial charge >= 0.3 is 0 Å². The molecule has 0 saturated heterocycles. The van der Waals surface area contributed by atoms with Crippen molar-refractivity contribution >= 4 is 12.2 Å². The molecule has 1 saturated carbocycles. The molecular formula is C12H18N2O2S. The zero-order chi connectivity index (χ0) is 12.1. The molecule has 17 heavy (non-hydrogen) atoms. The second-order valence-electron chi connectivity index (χ2n) is 4.43. The van der Waals surface area contributed by atoms with Gasteiger partial charge in [-0.1, -0.05) is 19.3 Å². The molecule has 1 heterocycles. The molecule has 2 rings (SSSR count). The summed E-state index contributed by atoms with van der Waals surface area (Å²) in [5.41, 5.74) is -0.153. The Hall–Kier alpha value is -0.940. The third kappa shape index (κ3) is 3.78. The van der Waals surface area contributed by atoms with Gasteiger partial charge in [-0.3, -0.25) is 9.78 Å². The van der Waals surface area contributed by atoms with Crippen LogP contribution >= 0.6 is 12.2 Å². The average molecular weight is 254 g/mol. The van der Waals surface area contributed by atoms with Gasteiger partial charge in [0.2, 0.25) is 0 Å². The van der Waals surface area contributed by atoms with Crippen molar-refractivity contribution in [3.63, 3.8) is 0 Å². The number of nitrogens with one attached hydrogen (secondary N) is 1. The summed E-state index contributed by atoms with van der Waals surface area (Å²) in [6.45, 7) is 1.36. The second kappa shape index (κ2) is 6.12. The van der Waals surface area contributed by atoms with Gasteiger partial charge in [-0.25, -0.2) is 0 Å². The lowest BCUT2D eigenvalue weighted by atomic mass is 9.98. The highest BCUT2D eigenvalue weighted by molar-refractivity contribution is 7.71. The van der Waals surface area contributed by atoms with E-state index in [1.165, 1.54) is 38.2 Å². The largest absolute Gasteiger partial charge is 0.376 e. The molecule has 1 aliphatic carbocycles. The van der Waals surface area contributed by atoms with E-state index in [1.807, 2.05) is 4.57 Å². The number of aromatic amines is 1. The number of rotatable bonds is 4. The smallest absolute Gasteiger partial charge is 0.251 e. The van der Waals surface area contributed by atoms with Crippen LogP contribution in [0.4, 0.5) is 0 Å². The van der Waals surface area contributed by atoms with Crippen LogP contribution in [0, 0.1) is 4.77 Å². The number of nitrogens with zero attached hydrogens (tertiary/aromatic N) is 1. The number of hydrogen-bond acceptors (Lipinski definition) is 3. The van der Waals surface area contributed by atoms with Crippen LogP contribution in [0.3, 0.4) is 0 Å². The first kappa shape index (κ1) is 12.5. The highest BCUT2D eigenvalue weighted by Gasteiger charge is 2.13. The minimum atomic E-state index is -0.153. The van der Waals surface area contributed by atoms with E-state index < -0.39 is 0 Å². The first-order chi connectivity index (χ1) is 8.25. The summed E-state index contributed by atoms with van der Waals surface area (Å²) in [6.07, 6.45) is 8.39. The van der Waals surface area contributed by atoms with E-state index in [-0.39, 0.29) is 5.56 Å².